The summed E-state index contributed by atoms with van der Waals surface area (Å²) in [6.45, 7) is 7.03. The summed E-state index contributed by atoms with van der Waals surface area (Å²) in [5.74, 6) is 1.12. The van der Waals surface area contributed by atoms with Crippen molar-refractivity contribution in [3.05, 3.63) is 65.9 Å². The molecule has 0 saturated heterocycles. The second-order valence-electron chi connectivity index (χ2n) is 6.41. The van der Waals surface area contributed by atoms with Gasteiger partial charge in [-0.1, -0.05) is 40.5 Å². The molecule has 130 valence electrons. The molecule has 0 spiro atoms. The summed E-state index contributed by atoms with van der Waals surface area (Å²) in [4.78, 5) is 4.60. The van der Waals surface area contributed by atoms with E-state index >= 15 is 0 Å². The Labute approximate surface area is 152 Å². The SMILES string of the molecule is CCn1nccc1-c1cccc(-c2noc(-c3cc(C)cc(C)c3)n2)c1. The summed E-state index contributed by atoms with van der Waals surface area (Å²) in [5, 5.41) is 8.52. The first-order chi connectivity index (χ1) is 12.6. The van der Waals surface area contributed by atoms with Gasteiger partial charge in [-0.25, -0.2) is 0 Å². The van der Waals surface area contributed by atoms with Gasteiger partial charge in [0.2, 0.25) is 5.82 Å². The van der Waals surface area contributed by atoms with Gasteiger partial charge in [-0.05, 0) is 45.0 Å². The molecule has 0 aliphatic rings. The minimum atomic E-state index is 0.538. The Kier molecular flexibility index (Phi) is 4.13. The van der Waals surface area contributed by atoms with E-state index < -0.39 is 0 Å². The molecule has 0 N–H and O–H groups in total. The maximum atomic E-state index is 5.51. The van der Waals surface area contributed by atoms with Gasteiger partial charge in [0.25, 0.3) is 5.89 Å². The molecule has 4 aromatic rings. The predicted octanol–water partition coefficient (Wildman–Crippen LogP) is 4.90. The Morgan fingerprint density at radius 1 is 0.923 bits per heavy atom. The van der Waals surface area contributed by atoms with E-state index in [2.05, 4.69) is 66.3 Å². The minimum absolute atomic E-state index is 0.538. The summed E-state index contributed by atoms with van der Waals surface area (Å²) in [5.41, 5.74) is 6.38. The van der Waals surface area contributed by atoms with Crippen LogP contribution in [0.3, 0.4) is 0 Å². The maximum Gasteiger partial charge on any atom is 0.258 e. The molecule has 0 radical (unpaired) electrons. The molecule has 5 nitrogen and oxygen atoms in total. The van der Waals surface area contributed by atoms with Crippen molar-refractivity contribution in [2.45, 2.75) is 27.3 Å². The summed E-state index contributed by atoms with van der Waals surface area (Å²) in [6, 6.07) is 16.4. The van der Waals surface area contributed by atoms with Crippen LogP contribution in [0.15, 0.2) is 59.3 Å². The van der Waals surface area contributed by atoms with E-state index in [-0.39, 0.29) is 0 Å². The molecule has 2 aromatic carbocycles. The second-order valence-corrected chi connectivity index (χ2v) is 6.41. The lowest BCUT2D eigenvalue weighted by atomic mass is 10.1. The zero-order valence-electron chi connectivity index (χ0n) is 15.1. The van der Waals surface area contributed by atoms with Gasteiger partial charge >= 0.3 is 0 Å². The molecule has 0 atom stereocenters. The monoisotopic (exact) mass is 344 g/mol. The molecule has 2 aromatic heterocycles. The highest BCUT2D eigenvalue weighted by Gasteiger charge is 2.13. The molecule has 0 fully saturated rings. The van der Waals surface area contributed by atoms with E-state index in [0.29, 0.717) is 11.7 Å². The van der Waals surface area contributed by atoms with Crippen LogP contribution in [-0.4, -0.2) is 19.9 Å². The lowest BCUT2D eigenvalue weighted by molar-refractivity contribution is 0.432. The number of nitrogens with zero attached hydrogens (tertiary/aromatic N) is 4. The summed E-state index contributed by atoms with van der Waals surface area (Å²) in [7, 11) is 0. The molecule has 4 rings (SSSR count). The fourth-order valence-electron chi connectivity index (χ4n) is 3.20. The number of rotatable bonds is 4. The first-order valence-electron chi connectivity index (χ1n) is 8.69. The Morgan fingerprint density at radius 3 is 2.46 bits per heavy atom. The maximum absolute atomic E-state index is 5.51. The third-order valence-corrected chi connectivity index (χ3v) is 4.33. The van der Waals surface area contributed by atoms with Gasteiger partial charge < -0.3 is 4.52 Å². The van der Waals surface area contributed by atoms with Gasteiger partial charge in [-0.15, -0.1) is 0 Å². The highest BCUT2D eigenvalue weighted by atomic mass is 16.5. The molecule has 0 unspecified atom stereocenters. The highest BCUT2D eigenvalue weighted by Crippen LogP contribution is 2.27. The van der Waals surface area contributed by atoms with Crippen LogP contribution in [0.4, 0.5) is 0 Å². The van der Waals surface area contributed by atoms with Crippen molar-refractivity contribution in [3.8, 4) is 34.1 Å². The lowest BCUT2D eigenvalue weighted by Crippen LogP contribution is -1.98. The lowest BCUT2D eigenvalue weighted by Gasteiger charge is -2.05. The van der Waals surface area contributed by atoms with E-state index in [4.69, 9.17) is 4.52 Å². The Balaban J connectivity index is 1.71. The number of benzene rings is 2. The van der Waals surface area contributed by atoms with Crippen LogP contribution in [0, 0.1) is 13.8 Å². The van der Waals surface area contributed by atoms with Crippen LogP contribution in [0.25, 0.3) is 34.1 Å². The van der Waals surface area contributed by atoms with Crippen LogP contribution in [0.2, 0.25) is 0 Å². The molecular weight excluding hydrogens is 324 g/mol. The van der Waals surface area contributed by atoms with Gasteiger partial charge in [-0.2, -0.15) is 10.1 Å². The number of aromatic nitrogens is 4. The zero-order valence-corrected chi connectivity index (χ0v) is 15.1. The van der Waals surface area contributed by atoms with E-state index in [9.17, 15) is 0 Å². The van der Waals surface area contributed by atoms with Crippen molar-refractivity contribution >= 4 is 0 Å². The van der Waals surface area contributed by atoms with E-state index in [1.165, 1.54) is 11.1 Å². The van der Waals surface area contributed by atoms with Crippen molar-refractivity contribution in [1.29, 1.82) is 0 Å². The molecule has 0 aliphatic carbocycles. The van der Waals surface area contributed by atoms with E-state index in [0.717, 1.165) is 28.9 Å². The largest absolute Gasteiger partial charge is 0.334 e. The minimum Gasteiger partial charge on any atom is -0.334 e. The van der Waals surface area contributed by atoms with Crippen molar-refractivity contribution in [2.75, 3.05) is 0 Å². The van der Waals surface area contributed by atoms with Crippen molar-refractivity contribution in [3.63, 3.8) is 0 Å². The average Bonchev–Trinajstić information content (AvgIpc) is 3.30. The smallest absolute Gasteiger partial charge is 0.258 e. The molecular formula is C21H20N4O. The molecule has 0 saturated carbocycles. The third-order valence-electron chi connectivity index (χ3n) is 4.33. The second kappa shape index (κ2) is 6.59. The molecule has 5 heteroatoms. The number of hydrogen-bond donors (Lipinski definition) is 0. The van der Waals surface area contributed by atoms with E-state index in [1.54, 1.807) is 0 Å². The van der Waals surface area contributed by atoms with Crippen molar-refractivity contribution < 1.29 is 4.52 Å². The molecule has 0 bridgehead atoms. The summed E-state index contributed by atoms with van der Waals surface area (Å²) < 4.78 is 7.48. The molecule has 0 amide bonds. The molecule has 2 heterocycles. The fourth-order valence-corrected chi connectivity index (χ4v) is 3.20. The van der Waals surface area contributed by atoms with Gasteiger partial charge in [0, 0.05) is 29.4 Å². The normalized spacial score (nSPS) is 11.0. The van der Waals surface area contributed by atoms with Crippen LogP contribution in [-0.2, 0) is 6.54 Å². The van der Waals surface area contributed by atoms with Crippen LogP contribution < -0.4 is 0 Å². The zero-order chi connectivity index (χ0) is 18.1. The van der Waals surface area contributed by atoms with Crippen LogP contribution in [0.5, 0.6) is 0 Å². The topological polar surface area (TPSA) is 56.7 Å². The third kappa shape index (κ3) is 3.04. The molecule has 0 aliphatic heterocycles. The summed E-state index contributed by atoms with van der Waals surface area (Å²) in [6.07, 6.45) is 1.82. The van der Waals surface area contributed by atoms with Gasteiger partial charge in [0.1, 0.15) is 0 Å². The van der Waals surface area contributed by atoms with Crippen molar-refractivity contribution in [1.82, 2.24) is 19.9 Å². The molecule has 26 heavy (non-hydrogen) atoms. The van der Waals surface area contributed by atoms with Crippen LogP contribution >= 0.6 is 0 Å². The van der Waals surface area contributed by atoms with Gasteiger partial charge in [0.05, 0.1) is 5.69 Å². The Hall–Kier alpha value is -3.21. The quantitative estimate of drug-likeness (QED) is 0.528. The standard InChI is InChI=1S/C21H20N4O/c1-4-25-19(8-9-22-25)16-6-5-7-17(13-16)20-23-21(26-24-20)18-11-14(2)10-15(3)12-18/h5-13H,4H2,1-3H3. The van der Waals surface area contributed by atoms with E-state index in [1.807, 2.05) is 29.1 Å². The predicted molar refractivity (Wildman–Crippen MR) is 102 cm³/mol. The van der Waals surface area contributed by atoms with Gasteiger partial charge in [-0.3, -0.25) is 4.68 Å². The number of hydrogen-bond acceptors (Lipinski definition) is 4. The van der Waals surface area contributed by atoms with Crippen molar-refractivity contribution in [2.24, 2.45) is 0 Å². The summed E-state index contributed by atoms with van der Waals surface area (Å²) >= 11 is 0. The first kappa shape index (κ1) is 16.3. The Bertz CT molecular complexity index is 1040. The Morgan fingerprint density at radius 2 is 1.69 bits per heavy atom. The van der Waals surface area contributed by atoms with Crippen LogP contribution in [0.1, 0.15) is 18.1 Å². The van der Waals surface area contributed by atoms with Gasteiger partial charge in [0.15, 0.2) is 0 Å². The average molecular weight is 344 g/mol. The fraction of sp³-hybridized carbons (Fsp3) is 0.190. The first-order valence-corrected chi connectivity index (χ1v) is 8.69. The number of aryl methyl sites for hydroxylation is 3. The highest BCUT2D eigenvalue weighted by molar-refractivity contribution is 5.69.